The van der Waals surface area contributed by atoms with Crippen molar-refractivity contribution >= 4 is 0 Å². The van der Waals surface area contributed by atoms with Crippen LogP contribution in [0.25, 0.3) is 0 Å². The summed E-state index contributed by atoms with van der Waals surface area (Å²) in [6, 6.07) is 0. The molecule has 1 saturated heterocycles. The maximum Gasteiger partial charge on any atom is 0.0560 e. The molecule has 1 rings (SSSR count). The average molecular weight is 179 g/mol. The molecule has 74 valence electrons. The van der Waals surface area contributed by atoms with Crippen LogP contribution in [0.2, 0.25) is 0 Å². The van der Waals surface area contributed by atoms with Gasteiger partial charge >= 0.3 is 0 Å². The molecular formula is C12H21N. The van der Waals surface area contributed by atoms with Gasteiger partial charge in [0.2, 0.25) is 0 Å². The van der Waals surface area contributed by atoms with E-state index in [1.807, 2.05) is 0 Å². The molecule has 0 N–H and O–H groups in total. The lowest BCUT2D eigenvalue weighted by Gasteiger charge is -2.21. The zero-order valence-electron chi connectivity index (χ0n) is 8.97. The van der Waals surface area contributed by atoms with Gasteiger partial charge in [-0.1, -0.05) is 13.3 Å². The predicted molar refractivity (Wildman–Crippen MR) is 57.6 cm³/mol. The molecule has 0 aromatic rings. The van der Waals surface area contributed by atoms with E-state index in [9.17, 15) is 0 Å². The van der Waals surface area contributed by atoms with E-state index in [1.165, 1.54) is 37.9 Å². The summed E-state index contributed by atoms with van der Waals surface area (Å²) >= 11 is 0. The van der Waals surface area contributed by atoms with Crippen LogP contribution in [-0.4, -0.2) is 18.0 Å². The lowest BCUT2D eigenvalue weighted by molar-refractivity contribution is 0.364. The molecule has 0 atom stereocenters. The minimum atomic E-state index is 1.10. The van der Waals surface area contributed by atoms with Crippen molar-refractivity contribution in [2.24, 2.45) is 0 Å². The van der Waals surface area contributed by atoms with Crippen LogP contribution in [0.3, 0.4) is 0 Å². The van der Waals surface area contributed by atoms with E-state index in [0.29, 0.717) is 0 Å². The van der Waals surface area contributed by atoms with Crippen LogP contribution in [-0.2, 0) is 0 Å². The van der Waals surface area contributed by atoms with Crippen LogP contribution in [0.4, 0.5) is 0 Å². The van der Waals surface area contributed by atoms with E-state index in [4.69, 9.17) is 0 Å². The van der Waals surface area contributed by atoms with Gasteiger partial charge in [0.25, 0.3) is 0 Å². The fourth-order valence-corrected chi connectivity index (χ4v) is 1.80. The van der Waals surface area contributed by atoms with Gasteiger partial charge in [-0.3, -0.25) is 0 Å². The molecule has 0 aromatic heterocycles. The highest BCUT2D eigenvalue weighted by atomic mass is 15.1. The molecule has 0 aliphatic carbocycles. The van der Waals surface area contributed by atoms with Crippen molar-refractivity contribution < 1.29 is 0 Å². The Balaban J connectivity index is 2.70. The minimum Gasteiger partial charge on any atom is -0.369 e. The van der Waals surface area contributed by atoms with Gasteiger partial charge < -0.3 is 4.90 Å². The van der Waals surface area contributed by atoms with Gasteiger partial charge in [0.05, 0.1) is 5.70 Å². The van der Waals surface area contributed by atoms with Crippen LogP contribution in [0.15, 0.2) is 17.5 Å². The maximum absolute atomic E-state index is 3.43. The second-order valence-corrected chi connectivity index (χ2v) is 3.59. The molecule has 13 heavy (non-hydrogen) atoms. The van der Waals surface area contributed by atoms with Crippen molar-refractivity contribution in [3.63, 3.8) is 0 Å². The zero-order valence-corrected chi connectivity index (χ0v) is 8.97. The average Bonchev–Trinajstić information content (AvgIpc) is 2.39. The second-order valence-electron chi connectivity index (χ2n) is 3.59. The van der Waals surface area contributed by atoms with Crippen molar-refractivity contribution in [2.75, 3.05) is 13.1 Å². The Bertz CT molecular complexity index is 199. The molecule has 1 nitrogen and oxygen atoms in total. The predicted octanol–water partition coefficient (Wildman–Crippen LogP) is 3.33. The molecule has 1 aliphatic rings. The van der Waals surface area contributed by atoms with E-state index in [2.05, 4.69) is 30.6 Å². The molecule has 0 radical (unpaired) electrons. The molecule has 1 fully saturated rings. The Morgan fingerprint density at radius 1 is 1.31 bits per heavy atom. The van der Waals surface area contributed by atoms with E-state index in [0.717, 1.165) is 13.0 Å². The lowest BCUT2D eigenvalue weighted by Crippen LogP contribution is -2.21. The molecule has 0 amide bonds. The van der Waals surface area contributed by atoms with E-state index >= 15 is 0 Å². The van der Waals surface area contributed by atoms with Crippen molar-refractivity contribution in [3.8, 4) is 0 Å². The number of nitrogens with zero attached hydrogens (tertiary/aromatic N) is 1. The highest BCUT2D eigenvalue weighted by Gasteiger charge is 2.10. The Morgan fingerprint density at radius 2 is 2.15 bits per heavy atom. The molecular weight excluding hydrogens is 158 g/mol. The molecule has 1 aliphatic heterocycles. The molecule has 0 aromatic carbocycles. The van der Waals surface area contributed by atoms with Gasteiger partial charge in [-0.05, 0) is 38.7 Å². The van der Waals surface area contributed by atoms with Gasteiger partial charge in [0.15, 0.2) is 0 Å². The summed E-state index contributed by atoms with van der Waals surface area (Å²) in [5, 5.41) is 0. The number of allylic oxidation sites excluding steroid dienone is 1. The molecule has 0 saturated carbocycles. The van der Waals surface area contributed by atoms with Crippen molar-refractivity contribution in [2.45, 2.75) is 46.0 Å². The number of likely N-dealkylation sites (tertiary alicyclic amines) is 1. The first-order valence-electron chi connectivity index (χ1n) is 5.57. The smallest absolute Gasteiger partial charge is 0.0560 e. The molecule has 0 unspecified atom stereocenters. The third-order valence-corrected chi connectivity index (χ3v) is 2.58. The first-order chi connectivity index (χ1) is 6.38. The molecule has 0 spiro atoms. The third kappa shape index (κ3) is 3.28. The molecule has 1 heteroatoms. The highest BCUT2D eigenvalue weighted by Crippen LogP contribution is 2.18. The van der Waals surface area contributed by atoms with Crippen molar-refractivity contribution in [1.82, 2.24) is 4.90 Å². The Morgan fingerprint density at radius 3 is 2.85 bits per heavy atom. The molecule has 1 heterocycles. The fourth-order valence-electron chi connectivity index (χ4n) is 1.80. The second kappa shape index (κ2) is 5.88. The largest absolute Gasteiger partial charge is 0.369 e. The van der Waals surface area contributed by atoms with Gasteiger partial charge in [0.1, 0.15) is 0 Å². The number of rotatable bonds is 2. The van der Waals surface area contributed by atoms with Crippen LogP contribution in [0.1, 0.15) is 46.0 Å². The summed E-state index contributed by atoms with van der Waals surface area (Å²) in [5.74, 6) is 0. The van der Waals surface area contributed by atoms with Crippen molar-refractivity contribution in [1.29, 1.82) is 0 Å². The van der Waals surface area contributed by atoms with Crippen LogP contribution in [0.5, 0.6) is 0 Å². The van der Waals surface area contributed by atoms with Gasteiger partial charge in [-0.25, -0.2) is 0 Å². The summed E-state index contributed by atoms with van der Waals surface area (Å²) in [6.45, 7) is 6.77. The summed E-state index contributed by atoms with van der Waals surface area (Å²) in [4.78, 5) is 2.47. The van der Waals surface area contributed by atoms with Gasteiger partial charge in [-0.2, -0.15) is 0 Å². The van der Waals surface area contributed by atoms with E-state index in [1.54, 1.807) is 0 Å². The summed E-state index contributed by atoms with van der Waals surface area (Å²) in [5.41, 5.74) is 4.86. The Kier molecular flexibility index (Phi) is 4.70. The standard InChI is InChI=1S/C12H21N/c1-3-5-9-12-10-7-6-8-11-13(12)4-2/h5H,3-4,6-8,10-11H2,1-2H3. The van der Waals surface area contributed by atoms with Gasteiger partial charge in [-0.15, -0.1) is 5.73 Å². The Labute approximate surface area is 82.1 Å². The normalized spacial score (nSPS) is 18.0. The monoisotopic (exact) mass is 179 g/mol. The summed E-state index contributed by atoms with van der Waals surface area (Å²) in [6.07, 6.45) is 8.56. The SMILES string of the molecule is CCC=C=C1CCCCCN1CC. The van der Waals surface area contributed by atoms with E-state index in [-0.39, 0.29) is 0 Å². The maximum atomic E-state index is 3.43. The van der Waals surface area contributed by atoms with Crippen LogP contribution in [0, 0.1) is 0 Å². The van der Waals surface area contributed by atoms with E-state index < -0.39 is 0 Å². The van der Waals surface area contributed by atoms with Crippen LogP contribution >= 0.6 is 0 Å². The summed E-state index contributed by atoms with van der Waals surface area (Å²) < 4.78 is 0. The topological polar surface area (TPSA) is 3.24 Å². The Hall–Kier alpha value is -0.680. The quantitative estimate of drug-likeness (QED) is 0.588. The van der Waals surface area contributed by atoms with Crippen molar-refractivity contribution in [3.05, 3.63) is 17.5 Å². The molecule has 0 bridgehead atoms. The zero-order chi connectivity index (χ0) is 9.52. The highest BCUT2D eigenvalue weighted by molar-refractivity contribution is 5.02. The van der Waals surface area contributed by atoms with Crippen LogP contribution < -0.4 is 0 Å². The van der Waals surface area contributed by atoms with Gasteiger partial charge in [0, 0.05) is 13.1 Å². The third-order valence-electron chi connectivity index (χ3n) is 2.58. The first-order valence-corrected chi connectivity index (χ1v) is 5.57. The minimum absolute atomic E-state index is 1.10. The fraction of sp³-hybridized carbons (Fsp3) is 0.750. The number of hydrogen-bond donors (Lipinski definition) is 0. The number of hydrogen-bond acceptors (Lipinski definition) is 1. The summed E-state index contributed by atoms with van der Waals surface area (Å²) in [7, 11) is 0. The lowest BCUT2D eigenvalue weighted by atomic mass is 10.2. The first kappa shape index (κ1) is 10.4.